The van der Waals surface area contributed by atoms with Crippen LogP contribution in [0.25, 0.3) is 0 Å². The number of benzene rings is 1. The summed E-state index contributed by atoms with van der Waals surface area (Å²) in [5.74, 6) is 0.435. The summed E-state index contributed by atoms with van der Waals surface area (Å²) in [7, 11) is 0. The number of hydrazine groups is 1. The largest absolute Gasteiger partial charge is 0.492 e. The molecule has 10 heteroatoms. The Morgan fingerprint density at radius 2 is 1.94 bits per heavy atom. The molecule has 0 aliphatic carbocycles. The second-order valence-corrected chi connectivity index (χ2v) is 8.21. The predicted octanol–water partition coefficient (Wildman–Crippen LogP) is 0.00540. The van der Waals surface area contributed by atoms with Crippen LogP contribution in [0.4, 0.5) is 5.82 Å². The molecule has 2 aromatic rings. The molecule has 3 aliphatic heterocycles. The van der Waals surface area contributed by atoms with Gasteiger partial charge in [-0.1, -0.05) is 12.1 Å². The number of likely N-dealkylation sites (tertiary alicyclic amines) is 1. The highest BCUT2D eigenvalue weighted by atomic mass is 16.5. The minimum Gasteiger partial charge on any atom is -0.492 e. The minimum atomic E-state index is -1.19. The van der Waals surface area contributed by atoms with Crippen LogP contribution in [-0.4, -0.2) is 53.8 Å². The molecule has 0 amide bonds. The molecule has 0 bridgehead atoms. The van der Waals surface area contributed by atoms with Gasteiger partial charge in [-0.25, -0.2) is 10.0 Å². The molecule has 1 aromatic carbocycles. The molecule has 3 aliphatic rings. The van der Waals surface area contributed by atoms with Crippen molar-refractivity contribution in [1.82, 2.24) is 25.8 Å². The number of hydrogen-bond acceptors (Lipinski definition) is 10. The lowest BCUT2D eigenvalue weighted by atomic mass is 10.1. The minimum absolute atomic E-state index is 0.242. The summed E-state index contributed by atoms with van der Waals surface area (Å²) in [5.41, 5.74) is 18.8. The Morgan fingerprint density at radius 1 is 1.13 bits per heavy atom. The smallest absolute Gasteiger partial charge is 0.215 e. The van der Waals surface area contributed by atoms with Gasteiger partial charge >= 0.3 is 0 Å². The van der Waals surface area contributed by atoms with Crippen molar-refractivity contribution >= 4 is 11.8 Å². The third-order valence-corrected chi connectivity index (χ3v) is 6.00. The Hall–Kier alpha value is -2.79. The molecule has 1 aromatic heterocycles. The molecular formula is C21H29N9O. The summed E-state index contributed by atoms with van der Waals surface area (Å²) in [6.07, 6.45) is 3.44. The van der Waals surface area contributed by atoms with Gasteiger partial charge in [-0.3, -0.25) is 10.6 Å². The van der Waals surface area contributed by atoms with E-state index in [9.17, 15) is 0 Å². The number of ether oxygens (including phenoxy) is 1. The van der Waals surface area contributed by atoms with Gasteiger partial charge in [-0.2, -0.15) is 10.5 Å². The highest BCUT2D eigenvalue weighted by Gasteiger charge is 2.38. The average Bonchev–Trinajstić information content (AvgIpc) is 3.42. The second kappa shape index (κ2) is 8.39. The zero-order valence-corrected chi connectivity index (χ0v) is 17.5. The van der Waals surface area contributed by atoms with E-state index >= 15 is 0 Å². The van der Waals surface area contributed by atoms with Crippen molar-refractivity contribution in [2.75, 3.05) is 37.8 Å². The number of fused-ring (bicyclic) bond motifs is 1. The van der Waals surface area contributed by atoms with Crippen molar-refractivity contribution in [2.24, 2.45) is 16.5 Å². The third-order valence-electron chi connectivity index (χ3n) is 6.00. The lowest BCUT2D eigenvalue weighted by Crippen LogP contribution is -2.53. The molecule has 5 rings (SSSR count). The van der Waals surface area contributed by atoms with E-state index in [1.165, 1.54) is 25.9 Å². The van der Waals surface area contributed by atoms with Gasteiger partial charge < -0.3 is 15.8 Å². The molecular weight excluding hydrogens is 394 g/mol. The summed E-state index contributed by atoms with van der Waals surface area (Å²) >= 11 is 0. The topological polar surface area (TPSA) is 130 Å². The Balaban J connectivity index is 1.25. The third kappa shape index (κ3) is 4.19. The Labute approximate surface area is 181 Å². The first-order valence-corrected chi connectivity index (χ1v) is 10.8. The normalized spacial score (nSPS) is 23.6. The Morgan fingerprint density at radius 3 is 2.74 bits per heavy atom. The van der Waals surface area contributed by atoms with E-state index in [0.717, 1.165) is 48.6 Å². The first kappa shape index (κ1) is 20.1. The average molecular weight is 424 g/mol. The molecule has 0 spiro atoms. The van der Waals surface area contributed by atoms with Crippen LogP contribution in [0.5, 0.6) is 5.75 Å². The number of hydrogen-bond donors (Lipinski definition) is 4. The van der Waals surface area contributed by atoms with E-state index in [4.69, 9.17) is 16.2 Å². The van der Waals surface area contributed by atoms with Crippen molar-refractivity contribution < 1.29 is 4.74 Å². The monoisotopic (exact) mass is 423 g/mol. The summed E-state index contributed by atoms with van der Waals surface area (Å²) in [5, 5.41) is 13.6. The van der Waals surface area contributed by atoms with Crippen LogP contribution in [0.3, 0.4) is 0 Å². The van der Waals surface area contributed by atoms with E-state index in [1.807, 2.05) is 30.3 Å². The van der Waals surface area contributed by atoms with Crippen LogP contribution in [0.1, 0.15) is 29.7 Å². The first-order valence-electron chi connectivity index (χ1n) is 10.8. The van der Waals surface area contributed by atoms with Crippen LogP contribution in [0.2, 0.25) is 0 Å². The molecule has 1 atom stereocenters. The molecule has 4 heterocycles. The van der Waals surface area contributed by atoms with E-state index in [-0.39, 0.29) is 5.96 Å². The molecule has 1 saturated heterocycles. The fourth-order valence-corrected chi connectivity index (χ4v) is 4.24. The molecule has 10 nitrogen and oxygen atoms in total. The van der Waals surface area contributed by atoms with Crippen molar-refractivity contribution in [1.29, 1.82) is 0 Å². The second-order valence-electron chi connectivity index (χ2n) is 8.21. The fourth-order valence-electron chi connectivity index (χ4n) is 4.24. The number of guanidine groups is 1. The number of nitrogens with two attached hydrogens (primary N) is 2. The lowest BCUT2D eigenvalue weighted by Gasteiger charge is -2.26. The number of aromatic nitrogens is 2. The zero-order valence-electron chi connectivity index (χ0n) is 17.5. The van der Waals surface area contributed by atoms with Gasteiger partial charge in [0, 0.05) is 31.6 Å². The molecule has 1 fully saturated rings. The van der Waals surface area contributed by atoms with Gasteiger partial charge in [0.2, 0.25) is 11.7 Å². The van der Waals surface area contributed by atoms with Gasteiger partial charge in [0.05, 0.1) is 5.69 Å². The van der Waals surface area contributed by atoms with Crippen molar-refractivity contribution in [3.8, 4) is 5.75 Å². The number of aliphatic imine (C=N–C) groups is 1. The first-order chi connectivity index (χ1) is 15.1. The number of rotatable bonds is 6. The SMILES string of the molecule is NC1=NC(N)(c2ccc(OCCN3CCCC3)cc2)NN1c1cc2c(nn1)CCNC2. The maximum absolute atomic E-state index is 6.54. The van der Waals surface area contributed by atoms with E-state index in [2.05, 4.69) is 30.8 Å². The van der Waals surface area contributed by atoms with Crippen LogP contribution in [0.15, 0.2) is 35.3 Å². The van der Waals surface area contributed by atoms with Crippen LogP contribution >= 0.6 is 0 Å². The maximum Gasteiger partial charge on any atom is 0.215 e. The van der Waals surface area contributed by atoms with Crippen LogP contribution in [0, 0.1) is 0 Å². The zero-order chi connectivity index (χ0) is 21.3. The molecule has 1 unspecified atom stereocenters. The Kier molecular flexibility index (Phi) is 5.45. The highest BCUT2D eigenvalue weighted by Crippen LogP contribution is 2.27. The van der Waals surface area contributed by atoms with Gasteiger partial charge in [0.25, 0.3) is 0 Å². The standard InChI is InChI=1S/C21H29N9O/c22-20-25-21(23,28-30(20)19-13-15-14-24-8-7-18(15)26-27-19)16-3-5-17(6-4-16)31-12-11-29-9-1-2-10-29/h3-6,13,24,28H,1-2,7-12,14,23H2,(H2,22,25). The highest BCUT2D eigenvalue weighted by molar-refractivity contribution is 5.95. The van der Waals surface area contributed by atoms with Gasteiger partial charge in [-0.15, -0.1) is 5.10 Å². The molecule has 6 N–H and O–H groups in total. The van der Waals surface area contributed by atoms with Crippen LogP contribution < -0.4 is 32.0 Å². The van der Waals surface area contributed by atoms with Gasteiger partial charge in [0.15, 0.2) is 5.82 Å². The summed E-state index contributed by atoms with van der Waals surface area (Å²) in [6.45, 7) is 5.65. The van der Waals surface area contributed by atoms with E-state index in [0.29, 0.717) is 12.4 Å². The maximum atomic E-state index is 6.54. The predicted molar refractivity (Wildman–Crippen MR) is 118 cm³/mol. The molecule has 0 saturated carbocycles. The quantitative estimate of drug-likeness (QED) is 0.507. The van der Waals surface area contributed by atoms with Crippen LogP contribution in [-0.2, 0) is 18.8 Å². The molecule has 0 radical (unpaired) electrons. The van der Waals surface area contributed by atoms with E-state index in [1.54, 1.807) is 5.01 Å². The summed E-state index contributed by atoms with van der Waals surface area (Å²) in [6, 6.07) is 9.59. The van der Waals surface area contributed by atoms with Gasteiger partial charge in [-0.05, 0) is 49.7 Å². The summed E-state index contributed by atoms with van der Waals surface area (Å²) in [4.78, 5) is 6.89. The Bertz CT molecular complexity index is 958. The van der Waals surface area contributed by atoms with Crippen molar-refractivity contribution in [3.63, 3.8) is 0 Å². The van der Waals surface area contributed by atoms with Gasteiger partial charge in [0.1, 0.15) is 12.4 Å². The number of anilines is 1. The number of nitrogens with one attached hydrogen (secondary N) is 2. The van der Waals surface area contributed by atoms with E-state index < -0.39 is 5.79 Å². The molecule has 31 heavy (non-hydrogen) atoms. The lowest BCUT2D eigenvalue weighted by molar-refractivity contribution is 0.237. The van der Waals surface area contributed by atoms with Crippen molar-refractivity contribution in [2.45, 2.75) is 31.6 Å². The summed E-state index contributed by atoms with van der Waals surface area (Å²) < 4.78 is 5.88. The number of nitrogens with zero attached hydrogens (tertiary/aromatic N) is 5. The van der Waals surface area contributed by atoms with Crippen molar-refractivity contribution in [3.05, 3.63) is 47.2 Å². The molecule has 164 valence electrons. The fraction of sp³-hybridized carbons (Fsp3) is 0.476.